The number of carboxylic acid groups (broad SMARTS) is 1. The van der Waals surface area contributed by atoms with Crippen LogP contribution in [-0.2, 0) is 19.7 Å². The molecule has 2 fully saturated rings. The molecule has 3 aromatic rings. The van der Waals surface area contributed by atoms with Crippen LogP contribution in [0.1, 0.15) is 31.0 Å². The summed E-state index contributed by atoms with van der Waals surface area (Å²) < 4.78 is 18.8. The minimum absolute atomic E-state index is 0.0899. The third-order valence-corrected chi connectivity index (χ3v) is 9.89. The third-order valence-electron chi connectivity index (χ3n) is 8.70. The Balaban J connectivity index is 1.16. The number of thiazole rings is 1. The van der Waals surface area contributed by atoms with Crippen LogP contribution in [0.25, 0.3) is 11.3 Å². The number of benzene rings is 2. The van der Waals surface area contributed by atoms with Crippen LogP contribution < -0.4 is 10.2 Å². The van der Waals surface area contributed by atoms with E-state index in [-0.39, 0.29) is 17.1 Å². The zero-order valence-corrected chi connectivity index (χ0v) is 26.9. The normalized spacial score (nSPS) is 20.2. The van der Waals surface area contributed by atoms with Crippen LogP contribution in [0, 0.1) is 5.82 Å². The predicted molar refractivity (Wildman–Crippen MR) is 173 cm³/mol. The number of methoxy groups -OCH3 is 1. The number of urea groups is 1. The van der Waals surface area contributed by atoms with Crippen LogP contribution in [0.2, 0.25) is 5.02 Å². The van der Waals surface area contributed by atoms with Gasteiger partial charge in [0.25, 0.3) is 0 Å². The number of rotatable bonds is 8. The van der Waals surface area contributed by atoms with Gasteiger partial charge in [-0.1, -0.05) is 41.9 Å². The summed E-state index contributed by atoms with van der Waals surface area (Å²) in [4.78, 5) is 52.9. The summed E-state index contributed by atoms with van der Waals surface area (Å²) in [5.74, 6) is -1.95. The minimum atomic E-state index is -1.01. The largest absolute Gasteiger partial charge is 0.481 e. The van der Waals surface area contributed by atoms with Gasteiger partial charge in [-0.25, -0.2) is 19.0 Å². The Kier molecular flexibility index (Phi) is 8.57. The topological polar surface area (TPSA) is 128 Å². The number of carbonyl (C=O) groups is 3. The fraction of sp³-hybridized carbons (Fsp3) is 0.344. The number of aliphatic carboxylic acids is 1. The molecule has 2 aromatic carbocycles. The van der Waals surface area contributed by atoms with Gasteiger partial charge in [0.1, 0.15) is 11.9 Å². The van der Waals surface area contributed by atoms with Gasteiger partial charge in [-0.15, -0.1) is 11.3 Å². The smallest absolute Gasteiger partial charge is 0.338 e. The Morgan fingerprint density at radius 1 is 1.17 bits per heavy atom. The molecule has 2 N–H and O–H groups in total. The molecule has 0 unspecified atom stereocenters. The maximum absolute atomic E-state index is 13.7. The highest BCUT2D eigenvalue weighted by Crippen LogP contribution is 2.36. The van der Waals surface area contributed by atoms with E-state index < -0.39 is 29.2 Å². The number of halogens is 2. The Bertz CT molecular complexity index is 1760. The van der Waals surface area contributed by atoms with E-state index in [1.54, 1.807) is 30.9 Å². The number of piperazine rings is 1. The standard InChI is InChI=1S/C32H32ClFN6O5S/c1-32(2,29(42)43)19-6-4-18(5-7-19)25-16-46-30(37-25)40-14-21-13-38(10-11-39(21)31(40)44)15-24-26(28(41)45-3)27(36-17-35-24)22-9-8-20(34)12-23(22)33/h4-9,12,16-17,21,27H,10-11,13-15H2,1-3H3,(H,35,36)(H,42,43)/t21-,27-/m0/s1. The number of carbonyl (C=O) groups excluding carboxylic acids is 2. The number of ether oxygens (including phenoxy) is 1. The maximum Gasteiger partial charge on any atom is 0.338 e. The summed E-state index contributed by atoms with van der Waals surface area (Å²) in [6.45, 7) is 5.81. The van der Waals surface area contributed by atoms with Crippen molar-refractivity contribution in [3.8, 4) is 11.3 Å². The molecule has 11 nitrogen and oxygen atoms in total. The molecule has 0 bridgehead atoms. The predicted octanol–water partition coefficient (Wildman–Crippen LogP) is 4.69. The highest BCUT2D eigenvalue weighted by atomic mass is 35.5. The Morgan fingerprint density at radius 3 is 2.63 bits per heavy atom. The lowest BCUT2D eigenvalue weighted by Gasteiger charge is -2.37. The molecule has 0 radical (unpaired) electrons. The van der Waals surface area contributed by atoms with Gasteiger partial charge in [0.05, 0.1) is 42.7 Å². The first-order valence-corrected chi connectivity index (χ1v) is 15.9. The number of carboxylic acids is 1. The lowest BCUT2D eigenvalue weighted by atomic mass is 9.84. The van der Waals surface area contributed by atoms with E-state index in [1.807, 2.05) is 22.4 Å². The van der Waals surface area contributed by atoms with Crippen molar-refractivity contribution >= 4 is 52.4 Å². The van der Waals surface area contributed by atoms with Crippen LogP contribution in [-0.4, -0.2) is 90.1 Å². The van der Waals surface area contributed by atoms with Crippen molar-refractivity contribution in [2.24, 2.45) is 4.99 Å². The summed E-state index contributed by atoms with van der Waals surface area (Å²) in [5.41, 5.74) is 2.61. The number of hydrogen-bond acceptors (Lipinski definition) is 9. The number of nitrogens with zero attached hydrogens (tertiary/aromatic N) is 5. The second kappa shape index (κ2) is 12.5. The van der Waals surface area contributed by atoms with Crippen molar-refractivity contribution in [1.29, 1.82) is 0 Å². The second-order valence-electron chi connectivity index (χ2n) is 11.9. The zero-order valence-electron chi connectivity index (χ0n) is 25.4. The van der Waals surface area contributed by atoms with E-state index in [1.165, 1.54) is 43.0 Å². The van der Waals surface area contributed by atoms with E-state index in [0.717, 1.165) is 5.56 Å². The molecule has 2 amide bonds. The van der Waals surface area contributed by atoms with Crippen LogP contribution in [0.15, 0.2) is 64.1 Å². The summed E-state index contributed by atoms with van der Waals surface area (Å²) >= 11 is 7.72. The van der Waals surface area contributed by atoms with Crippen molar-refractivity contribution in [2.75, 3.05) is 44.7 Å². The summed E-state index contributed by atoms with van der Waals surface area (Å²) in [6, 6.07) is 10.3. The van der Waals surface area contributed by atoms with Gasteiger partial charge in [0, 0.05) is 53.4 Å². The molecule has 0 aliphatic carbocycles. The van der Waals surface area contributed by atoms with Gasteiger partial charge in [-0.05, 0) is 31.5 Å². The van der Waals surface area contributed by atoms with Gasteiger partial charge < -0.3 is 20.1 Å². The van der Waals surface area contributed by atoms with Crippen molar-refractivity contribution in [2.45, 2.75) is 31.3 Å². The van der Waals surface area contributed by atoms with Crippen molar-refractivity contribution in [3.63, 3.8) is 0 Å². The van der Waals surface area contributed by atoms with Gasteiger partial charge in [0.15, 0.2) is 5.13 Å². The van der Waals surface area contributed by atoms with E-state index in [2.05, 4.69) is 15.2 Å². The van der Waals surface area contributed by atoms with Crippen molar-refractivity contribution in [3.05, 3.63) is 81.1 Å². The fourth-order valence-corrected chi connectivity index (χ4v) is 7.05. The van der Waals surface area contributed by atoms with Crippen LogP contribution >= 0.6 is 22.9 Å². The number of anilines is 1. The van der Waals surface area contributed by atoms with Crippen molar-refractivity contribution in [1.82, 2.24) is 20.1 Å². The van der Waals surface area contributed by atoms with E-state index >= 15 is 0 Å². The molecule has 3 aliphatic rings. The molecular formula is C32H32ClFN6O5S. The zero-order chi connectivity index (χ0) is 32.7. The van der Waals surface area contributed by atoms with Crippen LogP contribution in [0.4, 0.5) is 14.3 Å². The number of aromatic nitrogens is 1. The van der Waals surface area contributed by atoms with E-state index in [9.17, 15) is 23.9 Å². The molecule has 1 aromatic heterocycles. The molecule has 240 valence electrons. The first-order chi connectivity index (χ1) is 22.0. The molecule has 3 aliphatic heterocycles. The Hall–Kier alpha value is -4.33. The summed E-state index contributed by atoms with van der Waals surface area (Å²) in [7, 11) is 1.30. The Labute approximate surface area is 273 Å². The van der Waals surface area contributed by atoms with Gasteiger partial charge in [-0.2, -0.15) is 0 Å². The van der Waals surface area contributed by atoms with Crippen molar-refractivity contribution < 1.29 is 28.6 Å². The molecule has 4 heterocycles. The number of hydrogen-bond donors (Lipinski definition) is 2. The SMILES string of the molecule is COC(=O)C1=C(CN2CCN3C(=O)N(c4nc(-c5ccc(C(C)(C)C(=O)O)cc5)cs4)C[C@@H]3C2)NC=N[C@H]1c1ccc(F)cc1Cl. The molecule has 2 saturated heterocycles. The Morgan fingerprint density at radius 2 is 1.93 bits per heavy atom. The number of nitrogens with one attached hydrogen (secondary N) is 1. The fourth-order valence-electron chi connectivity index (χ4n) is 5.94. The average Bonchev–Trinajstić information content (AvgIpc) is 3.65. The highest BCUT2D eigenvalue weighted by molar-refractivity contribution is 7.14. The first-order valence-electron chi connectivity index (χ1n) is 14.6. The molecule has 46 heavy (non-hydrogen) atoms. The second-order valence-corrected chi connectivity index (χ2v) is 13.1. The number of amides is 2. The van der Waals surface area contributed by atoms with Gasteiger partial charge in [0.2, 0.25) is 0 Å². The third kappa shape index (κ3) is 5.85. The highest BCUT2D eigenvalue weighted by Gasteiger charge is 2.43. The van der Waals surface area contributed by atoms with E-state index in [0.29, 0.717) is 65.9 Å². The average molecular weight is 667 g/mol. The minimum Gasteiger partial charge on any atom is -0.481 e. The molecule has 0 saturated carbocycles. The molecular weight excluding hydrogens is 635 g/mol. The molecule has 2 atom stereocenters. The first kappa shape index (κ1) is 31.6. The molecule has 6 rings (SSSR count). The van der Waals surface area contributed by atoms with Gasteiger partial charge >= 0.3 is 18.0 Å². The molecule has 14 heteroatoms. The van der Waals surface area contributed by atoms with E-state index in [4.69, 9.17) is 21.3 Å². The summed E-state index contributed by atoms with van der Waals surface area (Å²) in [5, 5.41) is 15.3. The number of esters is 1. The van der Waals surface area contributed by atoms with Crippen LogP contribution in [0.5, 0.6) is 0 Å². The quantitative estimate of drug-likeness (QED) is 0.332. The monoisotopic (exact) mass is 666 g/mol. The lowest BCUT2D eigenvalue weighted by Crippen LogP contribution is -2.53. The lowest BCUT2D eigenvalue weighted by molar-refractivity contribution is -0.142. The maximum atomic E-state index is 13.7. The van der Waals surface area contributed by atoms with Gasteiger partial charge in [-0.3, -0.25) is 19.6 Å². The van der Waals surface area contributed by atoms with Crippen LogP contribution in [0.3, 0.4) is 0 Å². The molecule has 0 spiro atoms. The number of fused-ring (bicyclic) bond motifs is 1. The number of aliphatic imine (C=N–C) groups is 1. The summed E-state index contributed by atoms with van der Waals surface area (Å²) in [6.07, 6.45) is 1.50.